The van der Waals surface area contributed by atoms with E-state index in [1.165, 1.54) is 30.0 Å². The predicted molar refractivity (Wildman–Crippen MR) is 111 cm³/mol. The molecule has 1 amide bonds. The maximum atomic E-state index is 12.7. The molecule has 2 aromatic rings. The van der Waals surface area contributed by atoms with E-state index in [-0.39, 0.29) is 17.1 Å². The van der Waals surface area contributed by atoms with Crippen LogP contribution in [0.15, 0.2) is 40.9 Å². The van der Waals surface area contributed by atoms with Crippen LogP contribution in [0.2, 0.25) is 0 Å². The number of carbonyl (C=O) groups is 1. The highest BCUT2D eigenvalue weighted by Crippen LogP contribution is 2.44. The lowest BCUT2D eigenvalue weighted by Gasteiger charge is -2.47. The third kappa shape index (κ3) is 3.55. The molecular weight excluding hydrogens is 423 g/mol. The van der Waals surface area contributed by atoms with Crippen molar-refractivity contribution in [3.8, 4) is 5.75 Å². The number of piperidine rings is 1. The van der Waals surface area contributed by atoms with Crippen LogP contribution in [0, 0.1) is 0 Å². The van der Waals surface area contributed by atoms with E-state index < -0.39 is 0 Å². The molecular formula is C22H24BrFN2O2. The number of amides is 1. The highest BCUT2D eigenvalue weighted by atomic mass is 79.9. The zero-order valence-corrected chi connectivity index (χ0v) is 17.7. The van der Waals surface area contributed by atoms with E-state index >= 15 is 0 Å². The number of fused-ring (bicyclic) bond motifs is 3. The Morgan fingerprint density at radius 1 is 1.25 bits per heavy atom. The van der Waals surface area contributed by atoms with Crippen LogP contribution in [0.5, 0.6) is 5.75 Å². The molecule has 2 heterocycles. The van der Waals surface area contributed by atoms with Crippen molar-refractivity contribution < 1.29 is 14.3 Å². The van der Waals surface area contributed by atoms with Gasteiger partial charge in [-0.05, 0) is 76.8 Å². The lowest BCUT2D eigenvalue weighted by molar-refractivity contribution is -0.00715. The van der Waals surface area contributed by atoms with E-state index in [2.05, 4.69) is 57.1 Å². The second-order valence-electron chi connectivity index (χ2n) is 8.34. The van der Waals surface area contributed by atoms with Crippen molar-refractivity contribution in [3.63, 3.8) is 0 Å². The molecule has 1 atom stereocenters. The van der Waals surface area contributed by atoms with Crippen LogP contribution in [0.25, 0.3) is 0 Å². The summed E-state index contributed by atoms with van der Waals surface area (Å²) in [6, 6.07) is 11.2. The lowest BCUT2D eigenvalue weighted by atomic mass is 9.73. The van der Waals surface area contributed by atoms with E-state index in [4.69, 9.17) is 0 Å². The minimum atomic E-state index is -0.235. The molecule has 0 aromatic heterocycles. The summed E-state index contributed by atoms with van der Waals surface area (Å²) < 4.78 is 12.8. The molecule has 2 aliphatic rings. The minimum Gasteiger partial charge on any atom is -0.322 e. The van der Waals surface area contributed by atoms with Gasteiger partial charge in [0, 0.05) is 33.8 Å². The summed E-state index contributed by atoms with van der Waals surface area (Å²) >= 11 is 3.21. The first-order valence-electron chi connectivity index (χ1n) is 9.67. The molecule has 28 heavy (non-hydrogen) atoms. The Morgan fingerprint density at radius 2 is 2.07 bits per heavy atom. The maximum Gasteiger partial charge on any atom is 0.255 e. The van der Waals surface area contributed by atoms with Crippen LogP contribution in [0.4, 0.5) is 10.2 Å². The Hall–Kier alpha value is -1.92. The Kier molecular flexibility index (Phi) is 5.19. The number of nitrogens with one attached hydrogen (secondary N) is 1. The average Bonchev–Trinajstić information content (AvgIpc) is 2.67. The first kappa shape index (κ1) is 19.4. The Labute approximate surface area is 173 Å². The second kappa shape index (κ2) is 7.48. The van der Waals surface area contributed by atoms with Crippen molar-refractivity contribution in [1.82, 2.24) is 4.90 Å². The molecule has 6 heteroatoms. The van der Waals surface area contributed by atoms with E-state index in [1.54, 1.807) is 12.1 Å². The zero-order chi connectivity index (χ0) is 19.9. The highest BCUT2D eigenvalue weighted by molar-refractivity contribution is 9.10. The SMILES string of the molecule is CC1(C)CN2CCCCC2c2cc(NC(=O)c3ccc(OF)c(Br)c3)ccc21. The van der Waals surface area contributed by atoms with Gasteiger partial charge < -0.3 is 5.32 Å². The molecule has 0 radical (unpaired) electrons. The highest BCUT2D eigenvalue weighted by Gasteiger charge is 2.38. The summed E-state index contributed by atoms with van der Waals surface area (Å²) in [5.41, 5.74) is 4.02. The Morgan fingerprint density at radius 3 is 2.82 bits per heavy atom. The van der Waals surface area contributed by atoms with Crippen LogP contribution in [0.3, 0.4) is 0 Å². The van der Waals surface area contributed by atoms with Crippen LogP contribution in [-0.2, 0) is 5.41 Å². The van der Waals surface area contributed by atoms with Gasteiger partial charge in [0.2, 0.25) is 0 Å². The van der Waals surface area contributed by atoms with Crippen molar-refractivity contribution in [1.29, 1.82) is 0 Å². The summed E-state index contributed by atoms with van der Waals surface area (Å²) in [7, 11) is 0. The number of anilines is 1. The topological polar surface area (TPSA) is 41.6 Å². The van der Waals surface area contributed by atoms with Gasteiger partial charge in [0.05, 0.1) is 4.47 Å². The van der Waals surface area contributed by atoms with Gasteiger partial charge in [-0.2, -0.15) is 0 Å². The monoisotopic (exact) mass is 446 g/mol. The molecule has 0 spiro atoms. The molecule has 0 bridgehead atoms. The first-order valence-corrected chi connectivity index (χ1v) is 10.5. The molecule has 1 fully saturated rings. The van der Waals surface area contributed by atoms with E-state index in [0.29, 0.717) is 16.1 Å². The quantitative estimate of drug-likeness (QED) is 0.649. The second-order valence-corrected chi connectivity index (χ2v) is 9.20. The van der Waals surface area contributed by atoms with Gasteiger partial charge in [-0.1, -0.05) is 26.3 Å². The summed E-state index contributed by atoms with van der Waals surface area (Å²) in [5, 5.41) is 2.98. The number of rotatable bonds is 3. The van der Waals surface area contributed by atoms with Gasteiger partial charge in [0.1, 0.15) is 0 Å². The van der Waals surface area contributed by atoms with E-state index in [1.807, 2.05) is 6.07 Å². The largest absolute Gasteiger partial charge is 0.322 e. The van der Waals surface area contributed by atoms with Gasteiger partial charge in [0.25, 0.3) is 5.91 Å². The lowest BCUT2D eigenvalue weighted by Crippen LogP contribution is -2.47. The summed E-state index contributed by atoms with van der Waals surface area (Å²) in [6.45, 7) is 6.80. The molecule has 1 N–H and O–H groups in total. The smallest absolute Gasteiger partial charge is 0.255 e. The van der Waals surface area contributed by atoms with Gasteiger partial charge in [-0.25, -0.2) is 0 Å². The molecule has 148 valence electrons. The van der Waals surface area contributed by atoms with Crippen LogP contribution in [-0.4, -0.2) is 23.9 Å². The third-order valence-corrected chi connectivity index (χ3v) is 6.51. The number of hydrogen-bond acceptors (Lipinski definition) is 3. The Bertz CT molecular complexity index is 915. The summed E-state index contributed by atoms with van der Waals surface area (Å²) in [6.07, 6.45) is 3.67. The van der Waals surface area contributed by atoms with Crippen molar-refractivity contribution in [3.05, 3.63) is 57.6 Å². The van der Waals surface area contributed by atoms with E-state index in [0.717, 1.165) is 25.2 Å². The molecule has 4 nitrogen and oxygen atoms in total. The number of hydrogen-bond donors (Lipinski definition) is 1. The van der Waals surface area contributed by atoms with Crippen molar-refractivity contribution in [2.75, 3.05) is 18.4 Å². The van der Waals surface area contributed by atoms with Gasteiger partial charge in [-0.15, -0.1) is 0 Å². The van der Waals surface area contributed by atoms with E-state index in [9.17, 15) is 9.32 Å². The summed E-state index contributed by atoms with van der Waals surface area (Å²) in [4.78, 5) is 19.0. The summed E-state index contributed by atoms with van der Waals surface area (Å²) in [5.74, 6) is -0.188. The van der Waals surface area contributed by atoms with Crippen LogP contribution >= 0.6 is 15.9 Å². The van der Waals surface area contributed by atoms with Gasteiger partial charge in [0.15, 0.2) is 5.75 Å². The fourth-order valence-electron chi connectivity index (χ4n) is 4.57. The maximum absolute atomic E-state index is 12.7. The molecule has 2 aliphatic heterocycles. The average molecular weight is 447 g/mol. The van der Waals surface area contributed by atoms with Crippen molar-refractivity contribution in [2.45, 2.75) is 44.6 Å². The standard InChI is InChI=1S/C22H24BrFN2O2/c1-22(2)13-26-10-4-3-5-19(26)16-12-15(7-8-17(16)22)25-21(27)14-6-9-20(28-24)18(23)11-14/h6-9,11-12,19H,3-5,10,13H2,1-2H3,(H,25,27). The molecule has 0 aliphatic carbocycles. The fourth-order valence-corrected chi connectivity index (χ4v) is 5.01. The van der Waals surface area contributed by atoms with Gasteiger partial charge in [-0.3, -0.25) is 14.6 Å². The fraction of sp³-hybridized carbons (Fsp3) is 0.409. The molecule has 4 rings (SSSR count). The normalized spacial score (nSPS) is 20.8. The van der Waals surface area contributed by atoms with Gasteiger partial charge >= 0.3 is 0 Å². The Balaban J connectivity index is 1.62. The molecule has 0 saturated carbocycles. The van der Waals surface area contributed by atoms with Crippen molar-refractivity contribution in [2.24, 2.45) is 0 Å². The molecule has 1 unspecified atom stereocenters. The molecule has 2 aromatic carbocycles. The predicted octanol–water partition coefficient (Wildman–Crippen LogP) is 5.78. The number of halogens is 2. The third-order valence-electron chi connectivity index (χ3n) is 5.89. The minimum absolute atomic E-state index is 0.0463. The first-order chi connectivity index (χ1) is 13.4. The van der Waals surface area contributed by atoms with Crippen LogP contribution in [0.1, 0.15) is 60.6 Å². The van der Waals surface area contributed by atoms with Crippen molar-refractivity contribution >= 4 is 27.5 Å². The van der Waals surface area contributed by atoms with Crippen LogP contribution < -0.4 is 10.3 Å². The number of carbonyl (C=O) groups excluding carboxylic acids is 1. The number of nitrogens with zero attached hydrogens (tertiary/aromatic N) is 1. The molecule has 1 saturated heterocycles. The zero-order valence-electron chi connectivity index (χ0n) is 16.1. The number of benzene rings is 2.